The third-order valence-corrected chi connectivity index (χ3v) is 3.62. The molecular weight excluding hydrogens is 296 g/mol. The molecule has 128 valence electrons. The number of para-hydroxylation sites is 2. The number of hydrogen-bond acceptors (Lipinski definition) is 5. The van der Waals surface area contributed by atoms with Crippen molar-refractivity contribution >= 4 is 17.3 Å². The first-order chi connectivity index (χ1) is 10.7. The number of likely N-dealkylation sites (N-methyl/N-ethyl adjacent to an activating group) is 1. The maximum absolute atomic E-state index is 12.3. The zero-order chi connectivity index (χ0) is 17.6. The summed E-state index contributed by atoms with van der Waals surface area (Å²) in [4.78, 5) is 24.5. The van der Waals surface area contributed by atoms with Crippen LogP contribution in [0.3, 0.4) is 0 Å². The number of rotatable bonds is 8. The molecule has 0 heterocycles. The molecule has 1 aromatic carbocycles. The van der Waals surface area contributed by atoms with Crippen LogP contribution in [0.4, 0.5) is 11.4 Å². The Labute approximate surface area is 137 Å². The largest absolute Gasteiger partial charge is 0.360 e. The van der Waals surface area contributed by atoms with E-state index in [1.807, 2.05) is 6.92 Å². The highest BCUT2D eigenvalue weighted by Crippen LogP contribution is 2.26. The number of carbonyl (C=O) groups excluding carboxylic acids is 1. The van der Waals surface area contributed by atoms with Gasteiger partial charge in [0.1, 0.15) is 5.69 Å². The summed E-state index contributed by atoms with van der Waals surface area (Å²) in [6.45, 7) is 6.42. The highest BCUT2D eigenvalue weighted by molar-refractivity contribution is 5.83. The minimum absolute atomic E-state index is 0.0217. The van der Waals surface area contributed by atoms with E-state index in [-0.39, 0.29) is 18.1 Å². The van der Waals surface area contributed by atoms with Gasteiger partial charge in [-0.25, -0.2) is 0 Å². The highest BCUT2D eigenvalue weighted by atomic mass is 16.6. The topological polar surface area (TPSA) is 102 Å². The number of nitrogens with two attached hydrogens (primary N) is 1. The summed E-state index contributed by atoms with van der Waals surface area (Å²) in [5, 5.41) is 14.0. The molecule has 0 aliphatic carbocycles. The Morgan fingerprint density at radius 2 is 2.04 bits per heavy atom. The predicted molar refractivity (Wildman–Crippen MR) is 91.4 cm³/mol. The standard InChI is InChI=1S/C16H26N4O3/c1-12(2)9-16(3,11-17)18-15(21)10-19(4)13-7-5-6-8-14(13)20(22)23/h5-8,12H,9-11,17H2,1-4H3,(H,18,21). The van der Waals surface area contributed by atoms with Gasteiger partial charge in [-0.1, -0.05) is 26.0 Å². The van der Waals surface area contributed by atoms with Gasteiger partial charge in [0.05, 0.1) is 11.5 Å². The van der Waals surface area contributed by atoms with Gasteiger partial charge in [0.25, 0.3) is 5.69 Å². The minimum Gasteiger partial charge on any atom is -0.360 e. The molecule has 1 unspecified atom stereocenters. The van der Waals surface area contributed by atoms with Crippen molar-refractivity contribution < 1.29 is 9.72 Å². The molecule has 0 spiro atoms. The van der Waals surface area contributed by atoms with Gasteiger partial charge in [-0.2, -0.15) is 0 Å². The van der Waals surface area contributed by atoms with Crippen LogP contribution in [0.25, 0.3) is 0 Å². The maximum atomic E-state index is 12.3. The molecule has 0 bridgehead atoms. The lowest BCUT2D eigenvalue weighted by atomic mass is 9.90. The zero-order valence-electron chi connectivity index (χ0n) is 14.2. The van der Waals surface area contributed by atoms with Gasteiger partial charge < -0.3 is 16.0 Å². The molecule has 1 amide bonds. The molecule has 0 aliphatic heterocycles. The van der Waals surface area contributed by atoms with Crippen molar-refractivity contribution in [3.63, 3.8) is 0 Å². The number of nitrogens with zero attached hydrogens (tertiary/aromatic N) is 2. The number of carbonyl (C=O) groups is 1. The second-order valence-corrected chi connectivity index (χ2v) is 6.51. The molecule has 1 aromatic rings. The van der Waals surface area contributed by atoms with Crippen LogP contribution < -0.4 is 16.0 Å². The summed E-state index contributed by atoms with van der Waals surface area (Å²) in [5.41, 5.74) is 5.70. The Balaban J connectivity index is 2.79. The summed E-state index contributed by atoms with van der Waals surface area (Å²) in [6, 6.07) is 6.36. The van der Waals surface area contributed by atoms with Crippen LogP contribution in [0.5, 0.6) is 0 Å². The van der Waals surface area contributed by atoms with Gasteiger partial charge in [-0.05, 0) is 25.3 Å². The summed E-state index contributed by atoms with van der Waals surface area (Å²) in [7, 11) is 1.66. The minimum atomic E-state index is -0.477. The number of hydrogen-bond donors (Lipinski definition) is 2. The molecule has 1 atom stereocenters. The van der Waals surface area contributed by atoms with Crippen LogP contribution in [-0.2, 0) is 4.79 Å². The van der Waals surface area contributed by atoms with Crippen LogP contribution >= 0.6 is 0 Å². The van der Waals surface area contributed by atoms with Crippen molar-refractivity contribution in [2.24, 2.45) is 11.7 Å². The van der Waals surface area contributed by atoms with E-state index in [0.717, 1.165) is 6.42 Å². The molecule has 7 nitrogen and oxygen atoms in total. The Morgan fingerprint density at radius 1 is 1.43 bits per heavy atom. The Bertz CT molecular complexity index is 562. The molecule has 7 heteroatoms. The van der Waals surface area contributed by atoms with Crippen LogP contribution in [0.1, 0.15) is 27.2 Å². The van der Waals surface area contributed by atoms with Crippen molar-refractivity contribution in [2.45, 2.75) is 32.7 Å². The maximum Gasteiger partial charge on any atom is 0.292 e. The third kappa shape index (κ3) is 5.52. The predicted octanol–water partition coefficient (Wildman–Crippen LogP) is 1.91. The van der Waals surface area contributed by atoms with Crippen molar-refractivity contribution in [1.82, 2.24) is 5.32 Å². The molecule has 0 radical (unpaired) electrons. The number of benzene rings is 1. The molecule has 23 heavy (non-hydrogen) atoms. The van der Waals surface area contributed by atoms with Gasteiger partial charge in [-0.15, -0.1) is 0 Å². The van der Waals surface area contributed by atoms with E-state index in [2.05, 4.69) is 19.2 Å². The summed E-state index contributed by atoms with van der Waals surface area (Å²) < 4.78 is 0. The molecule has 0 saturated carbocycles. The fourth-order valence-corrected chi connectivity index (χ4v) is 2.70. The lowest BCUT2D eigenvalue weighted by Gasteiger charge is -2.32. The second-order valence-electron chi connectivity index (χ2n) is 6.51. The van der Waals surface area contributed by atoms with Gasteiger partial charge in [0.2, 0.25) is 5.91 Å². The van der Waals surface area contributed by atoms with Crippen molar-refractivity contribution in [2.75, 3.05) is 25.0 Å². The summed E-state index contributed by atoms with van der Waals surface area (Å²) in [5.74, 6) is 0.191. The number of nitro groups is 1. The number of nitro benzene ring substituents is 1. The molecule has 1 rings (SSSR count). The van der Waals surface area contributed by atoms with E-state index in [1.54, 1.807) is 30.1 Å². The second kappa shape index (κ2) is 7.92. The van der Waals surface area contributed by atoms with E-state index >= 15 is 0 Å². The number of amides is 1. The molecule has 0 aliphatic rings. The number of anilines is 1. The first-order valence-electron chi connectivity index (χ1n) is 7.64. The molecule has 0 fully saturated rings. The summed E-state index contributed by atoms with van der Waals surface area (Å²) >= 11 is 0. The summed E-state index contributed by atoms with van der Waals surface area (Å²) in [6.07, 6.45) is 0.768. The Kier molecular flexibility index (Phi) is 6.50. The van der Waals surface area contributed by atoms with Crippen LogP contribution in [0.15, 0.2) is 24.3 Å². The SMILES string of the molecule is CC(C)CC(C)(CN)NC(=O)CN(C)c1ccccc1[N+](=O)[O-]. The van der Waals surface area contributed by atoms with Crippen molar-refractivity contribution in [3.8, 4) is 0 Å². The normalized spacial score (nSPS) is 13.5. The molecule has 3 N–H and O–H groups in total. The monoisotopic (exact) mass is 322 g/mol. The average Bonchev–Trinajstić information content (AvgIpc) is 2.45. The molecular formula is C16H26N4O3. The molecule has 0 saturated heterocycles. The first kappa shape index (κ1) is 18.9. The van der Waals surface area contributed by atoms with E-state index < -0.39 is 10.5 Å². The van der Waals surface area contributed by atoms with Gasteiger partial charge in [0, 0.05) is 25.2 Å². The Morgan fingerprint density at radius 3 is 2.57 bits per heavy atom. The van der Waals surface area contributed by atoms with Crippen LogP contribution in [-0.4, -0.2) is 36.5 Å². The van der Waals surface area contributed by atoms with Gasteiger partial charge >= 0.3 is 0 Å². The van der Waals surface area contributed by atoms with Crippen LogP contribution in [0.2, 0.25) is 0 Å². The quantitative estimate of drug-likeness (QED) is 0.562. The van der Waals surface area contributed by atoms with Crippen molar-refractivity contribution in [3.05, 3.63) is 34.4 Å². The third-order valence-electron chi connectivity index (χ3n) is 3.62. The highest BCUT2D eigenvalue weighted by Gasteiger charge is 2.27. The Hall–Kier alpha value is -2.15. The van der Waals surface area contributed by atoms with Gasteiger partial charge in [0.15, 0.2) is 0 Å². The zero-order valence-corrected chi connectivity index (χ0v) is 14.2. The van der Waals surface area contributed by atoms with Crippen LogP contribution in [0, 0.1) is 16.0 Å². The fraction of sp³-hybridized carbons (Fsp3) is 0.562. The average molecular weight is 322 g/mol. The van der Waals surface area contributed by atoms with E-state index in [1.165, 1.54) is 6.07 Å². The van der Waals surface area contributed by atoms with E-state index in [0.29, 0.717) is 18.2 Å². The van der Waals surface area contributed by atoms with Crippen molar-refractivity contribution in [1.29, 1.82) is 0 Å². The fourth-order valence-electron chi connectivity index (χ4n) is 2.70. The first-order valence-corrected chi connectivity index (χ1v) is 7.64. The number of nitrogens with one attached hydrogen (secondary N) is 1. The van der Waals surface area contributed by atoms with E-state index in [9.17, 15) is 14.9 Å². The lowest BCUT2D eigenvalue weighted by molar-refractivity contribution is -0.384. The molecule has 0 aromatic heterocycles. The van der Waals surface area contributed by atoms with E-state index in [4.69, 9.17) is 5.73 Å². The smallest absolute Gasteiger partial charge is 0.292 e. The van der Waals surface area contributed by atoms with Gasteiger partial charge in [-0.3, -0.25) is 14.9 Å². The lowest BCUT2D eigenvalue weighted by Crippen LogP contribution is -2.54.